The van der Waals surface area contributed by atoms with Crippen LogP contribution in [0.4, 0.5) is 11.5 Å². The van der Waals surface area contributed by atoms with Crippen LogP contribution in [0.5, 0.6) is 5.75 Å². The summed E-state index contributed by atoms with van der Waals surface area (Å²) in [6.45, 7) is 1.52. The lowest BCUT2D eigenvalue weighted by Crippen LogP contribution is -2.41. The molecule has 1 atom stereocenters. The molecular weight excluding hydrogens is 356 g/mol. The molecule has 28 heavy (non-hydrogen) atoms. The Morgan fingerprint density at radius 1 is 1.25 bits per heavy atom. The zero-order valence-electron chi connectivity index (χ0n) is 16.5. The molecule has 0 saturated carbocycles. The van der Waals surface area contributed by atoms with E-state index in [9.17, 15) is 9.59 Å². The van der Waals surface area contributed by atoms with Crippen molar-refractivity contribution in [1.29, 1.82) is 0 Å². The van der Waals surface area contributed by atoms with E-state index in [-0.39, 0.29) is 17.7 Å². The van der Waals surface area contributed by atoms with Gasteiger partial charge < -0.3 is 19.9 Å². The molecule has 1 fully saturated rings. The van der Waals surface area contributed by atoms with E-state index in [0.717, 1.165) is 25.2 Å². The fourth-order valence-electron chi connectivity index (χ4n) is 3.38. The highest BCUT2D eigenvalue weighted by Crippen LogP contribution is 2.26. The molecule has 2 heterocycles. The zero-order valence-corrected chi connectivity index (χ0v) is 16.5. The van der Waals surface area contributed by atoms with Gasteiger partial charge in [0.1, 0.15) is 11.6 Å². The fraction of sp³-hybridized carbons (Fsp3) is 0.381. The van der Waals surface area contributed by atoms with Crippen LogP contribution in [0.25, 0.3) is 0 Å². The predicted octanol–water partition coefficient (Wildman–Crippen LogP) is 2.65. The Hall–Kier alpha value is -3.09. The van der Waals surface area contributed by atoms with Crippen molar-refractivity contribution in [2.45, 2.75) is 12.8 Å². The smallest absolute Gasteiger partial charge is 0.257 e. The van der Waals surface area contributed by atoms with E-state index >= 15 is 0 Å². The maximum atomic E-state index is 12.8. The summed E-state index contributed by atoms with van der Waals surface area (Å²) in [5.41, 5.74) is 1.01. The van der Waals surface area contributed by atoms with Crippen molar-refractivity contribution in [3.63, 3.8) is 0 Å². The number of rotatable bonds is 5. The van der Waals surface area contributed by atoms with Gasteiger partial charge in [0.2, 0.25) is 5.91 Å². The van der Waals surface area contributed by atoms with Crippen molar-refractivity contribution in [2.24, 2.45) is 5.92 Å². The lowest BCUT2D eigenvalue weighted by atomic mass is 9.97. The first kappa shape index (κ1) is 19.7. The second-order valence-corrected chi connectivity index (χ2v) is 7.08. The van der Waals surface area contributed by atoms with Gasteiger partial charge in [0.15, 0.2) is 0 Å². The van der Waals surface area contributed by atoms with Crippen LogP contribution in [0.15, 0.2) is 42.6 Å². The normalized spacial score (nSPS) is 16.4. The Balaban J connectivity index is 1.72. The van der Waals surface area contributed by atoms with Crippen molar-refractivity contribution in [3.05, 3.63) is 48.2 Å². The maximum absolute atomic E-state index is 12.8. The molecule has 7 nitrogen and oxygen atoms in total. The second-order valence-electron chi connectivity index (χ2n) is 7.08. The summed E-state index contributed by atoms with van der Waals surface area (Å²) in [5, 5.41) is 2.96. The lowest BCUT2D eigenvalue weighted by Gasteiger charge is -2.32. The average Bonchev–Trinajstić information content (AvgIpc) is 2.73. The number of piperidine rings is 1. The number of pyridine rings is 1. The molecule has 1 aliphatic heterocycles. The summed E-state index contributed by atoms with van der Waals surface area (Å²) in [6.07, 6.45) is 3.52. The number of anilines is 2. The van der Waals surface area contributed by atoms with Gasteiger partial charge in [-0.3, -0.25) is 9.59 Å². The van der Waals surface area contributed by atoms with E-state index in [1.807, 2.05) is 18.2 Å². The Morgan fingerprint density at radius 3 is 2.75 bits per heavy atom. The van der Waals surface area contributed by atoms with E-state index in [4.69, 9.17) is 4.74 Å². The summed E-state index contributed by atoms with van der Waals surface area (Å²) in [7, 11) is 4.89. The molecule has 2 amide bonds. The molecule has 0 radical (unpaired) electrons. The van der Waals surface area contributed by atoms with Gasteiger partial charge in [-0.1, -0.05) is 6.07 Å². The van der Waals surface area contributed by atoms with E-state index in [1.54, 1.807) is 38.5 Å². The van der Waals surface area contributed by atoms with Crippen LogP contribution in [0.2, 0.25) is 0 Å². The van der Waals surface area contributed by atoms with Gasteiger partial charge in [0.05, 0.1) is 18.6 Å². The number of methoxy groups -OCH3 is 1. The Morgan fingerprint density at radius 2 is 2.07 bits per heavy atom. The van der Waals surface area contributed by atoms with E-state index in [2.05, 4.69) is 15.2 Å². The van der Waals surface area contributed by atoms with E-state index in [1.165, 1.54) is 12.0 Å². The highest BCUT2D eigenvalue weighted by atomic mass is 16.5. The molecule has 1 saturated heterocycles. The lowest BCUT2D eigenvalue weighted by molar-refractivity contribution is -0.120. The van der Waals surface area contributed by atoms with Gasteiger partial charge in [-0.15, -0.1) is 0 Å². The average molecular weight is 382 g/mol. The van der Waals surface area contributed by atoms with Crippen molar-refractivity contribution >= 4 is 23.3 Å². The topological polar surface area (TPSA) is 74.8 Å². The molecule has 1 unspecified atom stereocenters. The number of hydrogen-bond donors (Lipinski definition) is 1. The van der Waals surface area contributed by atoms with Crippen molar-refractivity contribution in [1.82, 2.24) is 9.88 Å². The minimum Gasteiger partial charge on any atom is -0.496 e. The molecular formula is C21H26N4O3. The SMILES string of the molecule is COc1ccc(NC(=O)C2CCCN(c3ccccn3)C2)cc1C(=O)N(C)C. The first-order valence-corrected chi connectivity index (χ1v) is 9.36. The highest BCUT2D eigenvalue weighted by molar-refractivity contribution is 5.99. The van der Waals surface area contributed by atoms with Gasteiger partial charge >= 0.3 is 0 Å². The molecule has 1 N–H and O–H groups in total. The Bertz CT molecular complexity index is 839. The largest absolute Gasteiger partial charge is 0.496 e. The van der Waals surface area contributed by atoms with Crippen LogP contribution in [0.1, 0.15) is 23.2 Å². The predicted molar refractivity (Wildman–Crippen MR) is 109 cm³/mol. The minimum absolute atomic E-state index is 0.0472. The number of nitrogens with one attached hydrogen (secondary N) is 1. The van der Waals surface area contributed by atoms with E-state index < -0.39 is 0 Å². The number of benzene rings is 1. The number of aromatic nitrogens is 1. The van der Waals surface area contributed by atoms with Crippen LogP contribution in [0, 0.1) is 5.92 Å². The first-order chi connectivity index (χ1) is 13.5. The summed E-state index contributed by atoms with van der Waals surface area (Å²) in [4.78, 5) is 33.2. The van der Waals surface area contributed by atoms with Gasteiger partial charge in [-0.25, -0.2) is 4.98 Å². The van der Waals surface area contributed by atoms with Gasteiger partial charge in [0, 0.05) is 39.1 Å². The van der Waals surface area contributed by atoms with Crippen LogP contribution < -0.4 is 15.0 Å². The molecule has 0 aliphatic carbocycles. The summed E-state index contributed by atoms with van der Waals surface area (Å²) in [5.74, 6) is 1.02. The van der Waals surface area contributed by atoms with Crippen molar-refractivity contribution in [2.75, 3.05) is 44.5 Å². The zero-order chi connectivity index (χ0) is 20.1. The van der Waals surface area contributed by atoms with Gasteiger partial charge in [-0.05, 0) is 43.2 Å². The third-order valence-corrected chi connectivity index (χ3v) is 4.87. The number of carbonyl (C=O) groups is 2. The second kappa shape index (κ2) is 8.73. The summed E-state index contributed by atoms with van der Waals surface area (Å²) >= 11 is 0. The monoisotopic (exact) mass is 382 g/mol. The maximum Gasteiger partial charge on any atom is 0.257 e. The van der Waals surface area contributed by atoms with Crippen LogP contribution in [-0.4, -0.2) is 56.0 Å². The van der Waals surface area contributed by atoms with E-state index in [0.29, 0.717) is 23.5 Å². The number of nitrogens with zero attached hydrogens (tertiary/aromatic N) is 3. The molecule has 0 bridgehead atoms. The number of amides is 2. The third kappa shape index (κ3) is 4.42. The molecule has 148 valence electrons. The Kier molecular flexibility index (Phi) is 6.13. The fourth-order valence-corrected chi connectivity index (χ4v) is 3.38. The number of ether oxygens (including phenoxy) is 1. The first-order valence-electron chi connectivity index (χ1n) is 9.36. The quantitative estimate of drug-likeness (QED) is 0.861. The number of hydrogen-bond acceptors (Lipinski definition) is 5. The van der Waals surface area contributed by atoms with Crippen LogP contribution in [-0.2, 0) is 4.79 Å². The molecule has 1 aromatic carbocycles. The van der Waals surface area contributed by atoms with Gasteiger partial charge in [0.25, 0.3) is 5.91 Å². The molecule has 3 rings (SSSR count). The summed E-state index contributed by atoms with van der Waals surface area (Å²) in [6, 6.07) is 10.9. The van der Waals surface area contributed by atoms with Crippen LogP contribution >= 0.6 is 0 Å². The van der Waals surface area contributed by atoms with Crippen LogP contribution in [0.3, 0.4) is 0 Å². The molecule has 7 heteroatoms. The molecule has 0 spiro atoms. The minimum atomic E-state index is -0.174. The van der Waals surface area contributed by atoms with Crippen molar-refractivity contribution in [3.8, 4) is 5.75 Å². The standard InChI is InChI=1S/C21H26N4O3/c1-24(2)21(27)17-13-16(9-10-18(17)28-3)23-20(26)15-7-6-12-25(14-15)19-8-4-5-11-22-19/h4-5,8-11,13,15H,6-7,12,14H2,1-3H3,(H,23,26). The summed E-state index contributed by atoms with van der Waals surface area (Å²) < 4.78 is 5.28. The third-order valence-electron chi connectivity index (χ3n) is 4.87. The molecule has 2 aromatic rings. The van der Waals surface area contributed by atoms with Crippen molar-refractivity contribution < 1.29 is 14.3 Å². The molecule has 1 aromatic heterocycles. The van der Waals surface area contributed by atoms with Gasteiger partial charge in [-0.2, -0.15) is 0 Å². The highest BCUT2D eigenvalue weighted by Gasteiger charge is 2.27. The Labute approximate surface area is 165 Å². The molecule has 1 aliphatic rings. The number of carbonyl (C=O) groups excluding carboxylic acids is 2.